The predicted octanol–water partition coefficient (Wildman–Crippen LogP) is 9.64. The highest BCUT2D eigenvalue weighted by atomic mass is 16.5. The first kappa shape index (κ1) is 29.5. The van der Waals surface area contributed by atoms with Crippen LogP contribution in [-0.4, -0.2) is 12.6 Å². The highest BCUT2D eigenvalue weighted by Crippen LogP contribution is 2.21. The molecule has 2 unspecified atom stereocenters. The van der Waals surface area contributed by atoms with Gasteiger partial charge in [0.1, 0.15) is 0 Å². The number of esters is 1. The monoisotopic (exact) mass is 424 g/mol. The molecule has 0 amide bonds. The summed E-state index contributed by atoms with van der Waals surface area (Å²) in [5, 5.41) is 0. The van der Waals surface area contributed by atoms with Gasteiger partial charge in [-0.1, -0.05) is 137 Å². The van der Waals surface area contributed by atoms with Gasteiger partial charge in [-0.3, -0.25) is 4.79 Å². The quantitative estimate of drug-likeness (QED) is 0.120. The van der Waals surface area contributed by atoms with Crippen LogP contribution >= 0.6 is 0 Å². The van der Waals surface area contributed by atoms with Gasteiger partial charge in [0.15, 0.2) is 0 Å². The van der Waals surface area contributed by atoms with E-state index in [0.29, 0.717) is 12.5 Å². The number of rotatable bonds is 23. The summed E-state index contributed by atoms with van der Waals surface area (Å²) in [4.78, 5) is 12.1. The van der Waals surface area contributed by atoms with Gasteiger partial charge in [-0.05, 0) is 25.2 Å². The van der Waals surface area contributed by atoms with E-state index in [1.165, 1.54) is 122 Å². The molecule has 0 aromatic carbocycles. The van der Waals surface area contributed by atoms with Crippen molar-refractivity contribution in [2.24, 2.45) is 11.8 Å². The Balaban J connectivity index is 3.94. The Hall–Kier alpha value is -0.530. The Morgan fingerprint density at radius 1 is 0.600 bits per heavy atom. The van der Waals surface area contributed by atoms with Crippen molar-refractivity contribution < 1.29 is 9.53 Å². The number of unbranched alkanes of at least 4 members (excludes halogenated alkanes) is 15. The van der Waals surface area contributed by atoms with Crippen molar-refractivity contribution >= 4 is 5.97 Å². The van der Waals surface area contributed by atoms with Gasteiger partial charge in [-0.15, -0.1) is 0 Å². The summed E-state index contributed by atoms with van der Waals surface area (Å²) in [5.74, 6) is 0.620. The maximum absolute atomic E-state index is 12.1. The van der Waals surface area contributed by atoms with Crippen molar-refractivity contribution in [1.29, 1.82) is 0 Å². The van der Waals surface area contributed by atoms with Gasteiger partial charge < -0.3 is 4.74 Å². The molecule has 0 heterocycles. The van der Waals surface area contributed by atoms with E-state index in [2.05, 4.69) is 20.8 Å². The predicted molar refractivity (Wildman–Crippen MR) is 133 cm³/mol. The lowest BCUT2D eigenvalue weighted by Gasteiger charge is -2.18. The first-order valence-electron chi connectivity index (χ1n) is 13.8. The minimum atomic E-state index is 0.00476. The number of carbonyl (C=O) groups is 1. The fourth-order valence-corrected chi connectivity index (χ4v) is 4.13. The van der Waals surface area contributed by atoms with E-state index >= 15 is 0 Å². The van der Waals surface area contributed by atoms with E-state index in [1.54, 1.807) is 0 Å². The minimum absolute atomic E-state index is 0.00476. The smallest absolute Gasteiger partial charge is 0.308 e. The van der Waals surface area contributed by atoms with E-state index < -0.39 is 0 Å². The molecule has 2 heteroatoms. The van der Waals surface area contributed by atoms with Crippen molar-refractivity contribution in [3.8, 4) is 0 Å². The van der Waals surface area contributed by atoms with E-state index in [9.17, 15) is 4.79 Å². The average Bonchev–Trinajstić information content (AvgIpc) is 2.76. The summed E-state index contributed by atoms with van der Waals surface area (Å²) < 4.78 is 5.67. The lowest BCUT2D eigenvalue weighted by atomic mass is 9.94. The zero-order valence-corrected chi connectivity index (χ0v) is 21.3. The molecule has 0 spiro atoms. The van der Waals surface area contributed by atoms with E-state index in [-0.39, 0.29) is 11.9 Å². The highest BCUT2D eigenvalue weighted by Gasteiger charge is 2.16. The summed E-state index contributed by atoms with van der Waals surface area (Å²) in [6.07, 6.45) is 26.7. The molecule has 0 saturated carbocycles. The number of hydrogen-bond acceptors (Lipinski definition) is 2. The topological polar surface area (TPSA) is 26.3 Å². The molecule has 0 aliphatic rings. The standard InChI is InChI=1S/C28H56O2/c1-5-8-10-12-14-15-16-18-20-22-24-27(25-30-28(29)26(4)7-3)23-21-19-17-13-11-9-6-2/h26-27H,5-25H2,1-4H3. The lowest BCUT2D eigenvalue weighted by Crippen LogP contribution is -2.19. The summed E-state index contributed by atoms with van der Waals surface area (Å²) in [6.45, 7) is 9.25. The Morgan fingerprint density at radius 3 is 1.33 bits per heavy atom. The third-order valence-corrected chi connectivity index (χ3v) is 6.66. The third-order valence-electron chi connectivity index (χ3n) is 6.66. The molecule has 0 saturated heterocycles. The van der Waals surface area contributed by atoms with Crippen LogP contribution in [0.4, 0.5) is 0 Å². The molecular formula is C28H56O2. The molecule has 0 aromatic heterocycles. The zero-order chi connectivity index (χ0) is 22.3. The highest BCUT2D eigenvalue weighted by molar-refractivity contribution is 5.71. The van der Waals surface area contributed by atoms with Gasteiger partial charge in [0, 0.05) is 0 Å². The largest absolute Gasteiger partial charge is 0.465 e. The van der Waals surface area contributed by atoms with Crippen LogP contribution in [0.2, 0.25) is 0 Å². The summed E-state index contributed by atoms with van der Waals surface area (Å²) in [7, 11) is 0. The van der Waals surface area contributed by atoms with Crippen LogP contribution in [0.25, 0.3) is 0 Å². The Kier molecular flexibility index (Phi) is 22.7. The first-order chi connectivity index (χ1) is 14.7. The molecule has 0 radical (unpaired) electrons. The van der Waals surface area contributed by atoms with E-state index in [4.69, 9.17) is 4.74 Å². The van der Waals surface area contributed by atoms with Crippen LogP contribution in [0.1, 0.15) is 156 Å². The Morgan fingerprint density at radius 2 is 0.967 bits per heavy atom. The number of hydrogen-bond donors (Lipinski definition) is 0. The normalized spacial score (nSPS) is 13.3. The second kappa shape index (κ2) is 23.1. The fourth-order valence-electron chi connectivity index (χ4n) is 4.13. The van der Waals surface area contributed by atoms with Crippen molar-refractivity contribution in [1.82, 2.24) is 0 Å². The lowest BCUT2D eigenvalue weighted by molar-refractivity contribution is -0.149. The molecule has 2 atom stereocenters. The summed E-state index contributed by atoms with van der Waals surface area (Å²) in [6, 6.07) is 0. The molecule has 0 aliphatic heterocycles. The van der Waals surface area contributed by atoms with Gasteiger partial charge >= 0.3 is 5.97 Å². The van der Waals surface area contributed by atoms with Crippen LogP contribution in [0.5, 0.6) is 0 Å². The van der Waals surface area contributed by atoms with Gasteiger partial charge in [-0.2, -0.15) is 0 Å². The van der Waals surface area contributed by atoms with Gasteiger partial charge in [-0.25, -0.2) is 0 Å². The van der Waals surface area contributed by atoms with Gasteiger partial charge in [0.25, 0.3) is 0 Å². The average molecular weight is 425 g/mol. The van der Waals surface area contributed by atoms with Crippen molar-refractivity contribution in [2.45, 2.75) is 156 Å². The second-order valence-corrected chi connectivity index (χ2v) is 9.69. The van der Waals surface area contributed by atoms with Gasteiger partial charge in [0.2, 0.25) is 0 Å². The SMILES string of the molecule is CCCCCCCCCCCCC(CCCCCCCCC)COC(=O)C(C)CC. The number of carbonyl (C=O) groups excluding carboxylic acids is 1. The minimum Gasteiger partial charge on any atom is -0.465 e. The van der Waals surface area contributed by atoms with Crippen molar-refractivity contribution in [3.63, 3.8) is 0 Å². The van der Waals surface area contributed by atoms with Crippen LogP contribution in [0.15, 0.2) is 0 Å². The second-order valence-electron chi connectivity index (χ2n) is 9.69. The van der Waals surface area contributed by atoms with Crippen LogP contribution in [0, 0.1) is 11.8 Å². The molecular weight excluding hydrogens is 368 g/mol. The molecule has 0 bridgehead atoms. The molecule has 0 N–H and O–H groups in total. The van der Waals surface area contributed by atoms with E-state index in [0.717, 1.165) is 6.42 Å². The molecule has 0 aromatic rings. The number of ether oxygens (including phenoxy) is 1. The Bertz CT molecular complexity index is 353. The molecule has 0 rings (SSSR count). The molecule has 2 nitrogen and oxygen atoms in total. The van der Waals surface area contributed by atoms with Crippen molar-refractivity contribution in [2.75, 3.05) is 6.61 Å². The zero-order valence-electron chi connectivity index (χ0n) is 21.3. The van der Waals surface area contributed by atoms with Crippen molar-refractivity contribution in [3.05, 3.63) is 0 Å². The molecule has 0 aliphatic carbocycles. The maximum Gasteiger partial charge on any atom is 0.308 e. The van der Waals surface area contributed by atoms with Crippen LogP contribution in [-0.2, 0) is 9.53 Å². The molecule has 30 heavy (non-hydrogen) atoms. The fraction of sp³-hybridized carbons (Fsp3) is 0.964. The third kappa shape index (κ3) is 19.4. The van der Waals surface area contributed by atoms with Crippen LogP contribution < -0.4 is 0 Å². The van der Waals surface area contributed by atoms with Crippen LogP contribution in [0.3, 0.4) is 0 Å². The Labute approximate surface area is 190 Å². The summed E-state index contributed by atoms with van der Waals surface area (Å²) >= 11 is 0. The summed E-state index contributed by atoms with van der Waals surface area (Å²) in [5.41, 5.74) is 0. The van der Waals surface area contributed by atoms with Gasteiger partial charge in [0.05, 0.1) is 12.5 Å². The first-order valence-corrected chi connectivity index (χ1v) is 13.8. The van der Waals surface area contributed by atoms with E-state index in [1.807, 2.05) is 6.92 Å². The maximum atomic E-state index is 12.1. The molecule has 180 valence electrons. The molecule has 0 fully saturated rings.